The Morgan fingerprint density at radius 2 is 2.20 bits per heavy atom. The second-order valence-corrected chi connectivity index (χ2v) is 5.37. The Balaban J connectivity index is 1.78. The molecular formula is C14H18N4O2. The van der Waals surface area contributed by atoms with Gasteiger partial charge in [0, 0.05) is 30.8 Å². The van der Waals surface area contributed by atoms with Gasteiger partial charge in [-0.3, -0.25) is 0 Å². The van der Waals surface area contributed by atoms with E-state index in [-0.39, 0.29) is 6.10 Å². The molecule has 0 spiro atoms. The van der Waals surface area contributed by atoms with E-state index < -0.39 is 0 Å². The Labute approximate surface area is 117 Å². The minimum Gasteiger partial charge on any atom is -0.393 e. The van der Waals surface area contributed by atoms with Crippen LogP contribution in [-0.2, 0) is 6.54 Å². The Bertz CT molecular complexity index is 579. The van der Waals surface area contributed by atoms with Crippen LogP contribution >= 0.6 is 0 Å². The first-order valence-electron chi connectivity index (χ1n) is 6.76. The molecule has 0 unspecified atom stereocenters. The van der Waals surface area contributed by atoms with Gasteiger partial charge in [-0.1, -0.05) is 5.16 Å². The van der Waals surface area contributed by atoms with Crippen molar-refractivity contribution in [2.24, 2.45) is 0 Å². The first kappa shape index (κ1) is 13.1. The molecule has 0 atom stereocenters. The van der Waals surface area contributed by atoms with E-state index in [0.29, 0.717) is 12.5 Å². The number of aromatic nitrogens is 3. The summed E-state index contributed by atoms with van der Waals surface area (Å²) in [4.78, 5) is 11.0. The molecule has 20 heavy (non-hydrogen) atoms. The minimum atomic E-state index is -0.174. The van der Waals surface area contributed by atoms with Crippen LogP contribution in [0, 0.1) is 6.92 Å². The van der Waals surface area contributed by atoms with Crippen molar-refractivity contribution < 1.29 is 9.63 Å². The quantitative estimate of drug-likeness (QED) is 0.913. The molecule has 0 aliphatic heterocycles. The maximum absolute atomic E-state index is 9.43. The third-order valence-corrected chi connectivity index (χ3v) is 3.66. The Kier molecular flexibility index (Phi) is 3.40. The molecule has 2 heterocycles. The number of aliphatic hydroxyl groups is 1. The molecule has 0 aromatic carbocycles. The van der Waals surface area contributed by atoms with Gasteiger partial charge in [-0.15, -0.1) is 0 Å². The van der Waals surface area contributed by atoms with Crippen molar-refractivity contribution in [3.63, 3.8) is 0 Å². The van der Waals surface area contributed by atoms with Crippen LogP contribution in [0.1, 0.15) is 36.0 Å². The van der Waals surface area contributed by atoms with E-state index in [1.807, 2.05) is 31.0 Å². The molecule has 2 aromatic heterocycles. The van der Waals surface area contributed by atoms with Crippen LogP contribution in [0.5, 0.6) is 0 Å². The molecule has 1 fully saturated rings. The van der Waals surface area contributed by atoms with Gasteiger partial charge in [-0.2, -0.15) is 0 Å². The van der Waals surface area contributed by atoms with Crippen LogP contribution in [0.4, 0.5) is 5.82 Å². The fraction of sp³-hybridized carbons (Fsp3) is 0.500. The number of hydrogen-bond donors (Lipinski definition) is 1. The van der Waals surface area contributed by atoms with Gasteiger partial charge in [0.15, 0.2) is 0 Å². The van der Waals surface area contributed by atoms with E-state index in [9.17, 15) is 5.11 Å². The number of anilines is 1. The SMILES string of the molecule is Cc1nc(C2CC(O)C2)cc(N(C)Cc2ccon2)n1. The highest BCUT2D eigenvalue weighted by Crippen LogP contribution is 2.36. The van der Waals surface area contributed by atoms with Gasteiger partial charge >= 0.3 is 0 Å². The van der Waals surface area contributed by atoms with Gasteiger partial charge < -0.3 is 14.5 Å². The summed E-state index contributed by atoms with van der Waals surface area (Å²) in [6.45, 7) is 2.53. The zero-order valence-corrected chi connectivity index (χ0v) is 11.7. The molecular weight excluding hydrogens is 256 g/mol. The number of rotatable bonds is 4. The fourth-order valence-electron chi connectivity index (χ4n) is 2.45. The van der Waals surface area contributed by atoms with Crippen molar-refractivity contribution in [3.05, 3.63) is 35.6 Å². The Morgan fingerprint density at radius 3 is 2.85 bits per heavy atom. The topological polar surface area (TPSA) is 75.3 Å². The average molecular weight is 274 g/mol. The van der Waals surface area contributed by atoms with Gasteiger partial charge in [0.2, 0.25) is 0 Å². The van der Waals surface area contributed by atoms with Crippen molar-refractivity contribution in [2.75, 3.05) is 11.9 Å². The summed E-state index contributed by atoms with van der Waals surface area (Å²) in [5.74, 6) is 1.98. The number of aryl methyl sites for hydroxylation is 1. The summed E-state index contributed by atoms with van der Waals surface area (Å²) in [5.41, 5.74) is 1.88. The van der Waals surface area contributed by atoms with Crippen LogP contribution < -0.4 is 4.90 Å². The number of hydrogen-bond acceptors (Lipinski definition) is 6. The Morgan fingerprint density at radius 1 is 1.40 bits per heavy atom. The van der Waals surface area contributed by atoms with Crippen LogP contribution in [-0.4, -0.2) is 33.4 Å². The zero-order chi connectivity index (χ0) is 14.1. The van der Waals surface area contributed by atoms with E-state index in [4.69, 9.17) is 4.52 Å². The van der Waals surface area contributed by atoms with Crippen molar-refractivity contribution in [3.8, 4) is 0 Å². The average Bonchev–Trinajstić information content (AvgIpc) is 2.87. The van der Waals surface area contributed by atoms with E-state index in [1.165, 1.54) is 0 Å². The molecule has 1 aliphatic carbocycles. The molecule has 0 radical (unpaired) electrons. The van der Waals surface area contributed by atoms with Gasteiger partial charge in [0.05, 0.1) is 12.6 Å². The monoisotopic (exact) mass is 274 g/mol. The standard InChI is InChI=1S/C14H18N4O2/c1-9-15-13(10-5-12(19)6-10)7-14(16-9)18(2)8-11-3-4-20-17-11/h3-4,7,10,12,19H,5-6,8H2,1-2H3. The molecule has 3 rings (SSSR count). The van der Waals surface area contributed by atoms with Crippen LogP contribution in [0.2, 0.25) is 0 Å². The molecule has 1 aliphatic rings. The van der Waals surface area contributed by atoms with E-state index in [0.717, 1.165) is 35.9 Å². The highest BCUT2D eigenvalue weighted by atomic mass is 16.5. The number of nitrogens with zero attached hydrogens (tertiary/aromatic N) is 4. The maximum Gasteiger partial charge on any atom is 0.132 e. The summed E-state index contributed by atoms with van der Waals surface area (Å²) in [7, 11) is 1.97. The predicted molar refractivity (Wildman–Crippen MR) is 73.4 cm³/mol. The zero-order valence-electron chi connectivity index (χ0n) is 11.7. The first-order valence-corrected chi connectivity index (χ1v) is 6.76. The molecule has 2 aromatic rings. The molecule has 6 heteroatoms. The molecule has 1 N–H and O–H groups in total. The lowest BCUT2D eigenvalue weighted by molar-refractivity contribution is 0.0731. The molecule has 1 saturated carbocycles. The highest BCUT2D eigenvalue weighted by molar-refractivity contribution is 5.40. The summed E-state index contributed by atoms with van der Waals surface area (Å²) in [6, 6.07) is 3.84. The third kappa shape index (κ3) is 2.65. The molecule has 106 valence electrons. The third-order valence-electron chi connectivity index (χ3n) is 3.66. The summed E-state index contributed by atoms with van der Waals surface area (Å²) in [6.07, 6.45) is 2.98. The Hall–Kier alpha value is -1.95. The normalized spacial score (nSPS) is 21.6. The fourth-order valence-corrected chi connectivity index (χ4v) is 2.45. The van der Waals surface area contributed by atoms with Crippen LogP contribution in [0.15, 0.2) is 22.9 Å². The molecule has 0 amide bonds. The second-order valence-electron chi connectivity index (χ2n) is 5.37. The summed E-state index contributed by atoms with van der Waals surface area (Å²) >= 11 is 0. The van der Waals surface area contributed by atoms with Crippen molar-refractivity contribution in [1.29, 1.82) is 0 Å². The van der Waals surface area contributed by atoms with Gasteiger partial charge in [-0.25, -0.2) is 9.97 Å². The highest BCUT2D eigenvalue weighted by Gasteiger charge is 2.30. The summed E-state index contributed by atoms with van der Waals surface area (Å²) < 4.78 is 4.84. The summed E-state index contributed by atoms with van der Waals surface area (Å²) in [5, 5.41) is 13.3. The minimum absolute atomic E-state index is 0.174. The largest absolute Gasteiger partial charge is 0.393 e. The van der Waals surface area contributed by atoms with Crippen LogP contribution in [0.3, 0.4) is 0 Å². The van der Waals surface area contributed by atoms with Crippen molar-refractivity contribution in [2.45, 2.75) is 38.3 Å². The molecule has 0 saturated heterocycles. The predicted octanol–water partition coefficient (Wildman–Crippen LogP) is 1.65. The molecule has 6 nitrogen and oxygen atoms in total. The number of aliphatic hydroxyl groups excluding tert-OH is 1. The smallest absolute Gasteiger partial charge is 0.132 e. The second kappa shape index (κ2) is 5.20. The van der Waals surface area contributed by atoms with Crippen LogP contribution in [0.25, 0.3) is 0 Å². The van der Waals surface area contributed by atoms with E-state index >= 15 is 0 Å². The lowest BCUT2D eigenvalue weighted by atomic mass is 9.80. The van der Waals surface area contributed by atoms with Gasteiger partial charge in [0.25, 0.3) is 0 Å². The van der Waals surface area contributed by atoms with E-state index in [1.54, 1.807) is 6.26 Å². The van der Waals surface area contributed by atoms with Crippen molar-refractivity contribution >= 4 is 5.82 Å². The lowest BCUT2D eigenvalue weighted by Crippen LogP contribution is -2.28. The van der Waals surface area contributed by atoms with E-state index in [2.05, 4.69) is 15.1 Å². The van der Waals surface area contributed by atoms with Crippen molar-refractivity contribution in [1.82, 2.24) is 15.1 Å². The van der Waals surface area contributed by atoms with Gasteiger partial charge in [0.1, 0.15) is 23.6 Å². The molecule has 0 bridgehead atoms. The lowest BCUT2D eigenvalue weighted by Gasteiger charge is -2.31. The first-order chi connectivity index (χ1) is 9.61. The van der Waals surface area contributed by atoms with Gasteiger partial charge in [-0.05, 0) is 19.8 Å². The maximum atomic E-state index is 9.43.